The Bertz CT molecular complexity index is 413. The molecule has 3 nitrogen and oxygen atoms in total. The number of aromatic hydroxyl groups is 1. The van der Waals surface area contributed by atoms with E-state index in [1.807, 2.05) is 0 Å². The molecule has 3 N–H and O–H groups in total. The highest BCUT2D eigenvalue weighted by atomic mass is 19.4. The van der Waals surface area contributed by atoms with Gasteiger partial charge in [0.2, 0.25) is 0 Å². The minimum atomic E-state index is -5.02. The molecule has 1 aromatic carbocycles. The van der Waals surface area contributed by atoms with Crippen molar-refractivity contribution in [2.24, 2.45) is 0 Å². The van der Waals surface area contributed by atoms with Gasteiger partial charge in [-0.3, -0.25) is 4.79 Å². The van der Waals surface area contributed by atoms with E-state index in [0.717, 1.165) is 6.07 Å². The van der Waals surface area contributed by atoms with Gasteiger partial charge in [-0.1, -0.05) is 0 Å². The second-order valence-electron chi connectivity index (χ2n) is 3.08. The fraction of sp³-hybridized carbons (Fsp3) is 0.222. The standard InChI is InChI=1S/C9H8F3NO2/c1-4-2-5(7(14)6(13)3-4)8(15)9(10,11)12/h2-3,14H,13H2,1H3. The molecule has 0 aromatic heterocycles. The molecule has 0 heterocycles. The number of benzene rings is 1. The number of phenols is 1. The molecule has 0 aliphatic carbocycles. The summed E-state index contributed by atoms with van der Waals surface area (Å²) in [7, 11) is 0. The third-order valence-electron chi connectivity index (χ3n) is 1.79. The average molecular weight is 219 g/mol. The number of carbonyl (C=O) groups is 1. The number of hydrogen-bond donors (Lipinski definition) is 2. The lowest BCUT2D eigenvalue weighted by Gasteiger charge is -2.09. The Balaban J connectivity index is 3.32. The molecule has 1 rings (SSSR count). The molecular weight excluding hydrogens is 211 g/mol. The van der Waals surface area contributed by atoms with Gasteiger partial charge in [-0.2, -0.15) is 13.2 Å². The molecule has 0 unspecified atom stereocenters. The van der Waals surface area contributed by atoms with Crippen LogP contribution in [0.5, 0.6) is 5.75 Å². The number of rotatable bonds is 1. The van der Waals surface area contributed by atoms with Gasteiger partial charge in [0.1, 0.15) is 5.75 Å². The maximum atomic E-state index is 12.1. The zero-order valence-corrected chi connectivity index (χ0v) is 7.72. The smallest absolute Gasteiger partial charge is 0.455 e. The normalized spacial score (nSPS) is 11.5. The number of hydrogen-bond acceptors (Lipinski definition) is 3. The molecular formula is C9H8F3NO2. The van der Waals surface area contributed by atoms with Crippen LogP contribution in [0.15, 0.2) is 12.1 Å². The number of phenolic OH excluding ortho intramolecular Hbond substituents is 1. The van der Waals surface area contributed by atoms with Crippen molar-refractivity contribution in [3.63, 3.8) is 0 Å². The van der Waals surface area contributed by atoms with Crippen LogP contribution in [0.3, 0.4) is 0 Å². The molecule has 0 bridgehead atoms. The Morgan fingerprint density at radius 1 is 1.40 bits per heavy atom. The zero-order valence-electron chi connectivity index (χ0n) is 7.72. The van der Waals surface area contributed by atoms with E-state index in [-0.39, 0.29) is 5.69 Å². The number of carbonyl (C=O) groups excluding carboxylic acids is 1. The summed E-state index contributed by atoms with van der Waals surface area (Å²) in [6.45, 7) is 1.48. The van der Waals surface area contributed by atoms with Crippen LogP contribution in [0, 0.1) is 6.92 Å². The van der Waals surface area contributed by atoms with E-state index >= 15 is 0 Å². The molecule has 0 fully saturated rings. The Kier molecular flexibility index (Phi) is 2.61. The van der Waals surface area contributed by atoms with Gasteiger partial charge in [-0.25, -0.2) is 0 Å². The summed E-state index contributed by atoms with van der Waals surface area (Å²) in [5, 5.41) is 9.21. The fourth-order valence-electron chi connectivity index (χ4n) is 1.13. The van der Waals surface area contributed by atoms with E-state index in [0.29, 0.717) is 5.56 Å². The van der Waals surface area contributed by atoms with Crippen LogP contribution in [0.2, 0.25) is 0 Å². The molecule has 6 heteroatoms. The first-order valence-corrected chi connectivity index (χ1v) is 3.94. The van der Waals surface area contributed by atoms with Crippen LogP contribution in [0.25, 0.3) is 0 Å². The summed E-state index contributed by atoms with van der Waals surface area (Å²) in [6, 6.07) is 2.23. The highest BCUT2D eigenvalue weighted by Gasteiger charge is 2.41. The van der Waals surface area contributed by atoms with Gasteiger partial charge in [0, 0.05) is 0 Å². The molecule has 0 saturated carbocycles. The minimum absolute atomic E-state index is 0.248. The maximum absolute atomic E-state index is 12.1. The minimum Gasteiger partial charge on any atom is -0.505 e. The van der Waals surface area contributed by atoms with Gasteiger partial charge in [-0.15, -0.1) is 0 Å². The number of alkyl halides is 3. The quantitative estimate of drug-likeness (QED) is 0.431. The van der Waals surface area contributed by atoms with Crippen molar-refractivity contribution in [3.05, 3.63) is 23.3 Å². The number of nitrogen functional groups attached to an aromatic ring is 1. The van der Waals surface area contributed by atoms with Crippen molar-refractivity contribution in [2.75, 3.05) is 5.73 Å². The fourth-order valence-corrected chi connectivity index (χ4v) is 1.13. The van der Waals surface area contributed by atoms with Gasteiger partial charge >= 0.3 is 6.18 Å². The third kappa shape index (κ3) is 2.20. The highest BCUT2D eigenvalue weighted by molar-refractivity contribution is 6.03. The maximum Gasteiger partial charge on any atom is 0.455 e. The number of anilines is 1. The van der Waals surface area contributed by atoms with E-state index in [1.165, 1.54) is 13.0 Å². The highest BCUT2D eigenvalue weighted by Crippen LogP contribution is 2.31. The summed E-state index contributed by atoms with van der Waals surface area (Å²) < 4.78 is 36.2. The van der Waals surface area contributed by atoms with Gasteiger partial charge in [-0.05, 0) is 24.6 Å². The van der Waals surface area contributed by atoms with Crippen LogP contribution in [-0.4, -0.2) is 17.1 Å². The van der Waals surface area contributed by atoms with E-state index in [2.05, 4.69) is 0 Å². The zero-order chi connectivity index (χ0) is 11.8. The SMILES string of the molecule is Cc1cc(N)c(O)c(C(=O)C(F)(F)F)c1. The average Bonchev–Trinajstić information content (AvgIpc) is 2.08. The first-order valence-electron chi connectivity index (χ1n) is 3.94. The van der Waals surface area contributed by atoms with Crippen molar-refractivity contribution in [1.82, 2.24) is 0 Å². The van der Waals surface area contributed by atoms with E-state index in [1.54, 1.807) is 0 Å². The molecule has 0 saturated heterocycles. The van der Waals surface area contributed by atoms with Crippen molar-refractivity contribution >= 4 is 11.5 Å². The molecule has 15 heavy (non-hydrogen) atoms. The first-order chi connectivity index (χ1) is 6.73. The van der Waals surface area contributed by atoms with Gasteiger partial charge < -0.3 is 10.8 Å². The third-order valence-corrected chi connectivity index (χ3v) is 1.79. The van der Waals surface area contributed by atoms with Crippen LogP contribution in [0.4, 0.5) is 18.9 Å². The molecule has 0 radical (unpaired) electrons. The van der Waals surface area contributed by atoms with Crippen molar-refractivity contribution in [3.8, 4) is 5.75 Å². The van der Waals surface area contributed by atoms with Crippen LogP contribution < -0.4 is 5.73 Å². The number of halogens is 3. The van der Waals surface area contributed by atoms with Crippen molar-refractivity contribution < 1.29 is 23.1 Å². The number of nitrogens with two attached hydrogens (primary N) is 1. The first kappa shape index (κ1) is 11.4. The summed E-state index contributed by atoms with van der Waals surface area (Å²) in [6.07, 6.45) is -5.02. The van der Waals surface area contributed by atoms with Gasteiger partial charge in [0.05, 0.1) is 11.3 Å². The predicted molar refractivity (Wildman–Crippen MR) is 47.6 cm³/mol. The van der Waals surface area contributed by atoms with Crippen LogP contribution in [0.1, 0.15) is 15.9 Å². The molecule has 82 valence electrons. The van der Waals surface area contributed by atoms with Crippen LogP contribution in [-0.2, 0) is 0 Å². The number of Topliss-reactive ketones (excluding diaryl/α,β-unsaturated/α-hetero) is 1. The summed E-state index contributed by atoms with van der Waals surface area (Å²) in [4.78, 5) is 10.9. The van der Waals surface area contributed by atoms with Gasteiger partial charge in [0.25, 0.3) is 5.78 Å². The van der Waals surface area contributed by atoms with E-state index in [4.69, 9.17) is 5.73 Å². The molecule has 0 atom stereocenters. The number of aryl methyl sites for hydroxylation is 1. The molecule has 1 aromatic rings. The van der Waals surface area contributed by atoms with E-state index < -0.39 is 23.3 Å². The monoisotopic (exact) mass is 219 g/mol. The lowest BCUT2D eigenvalue weighted by molar-refractivity contribution is -0.0886. The lowest BCUT2D eigenvalue weighted by Crippen LogP contribution is -2.23. The molecule has 0 spiro atoms. The second-order valence-corrected chi connectivity index (χ2v) is 3.08. The Hall–Kier alpha value is -1.72. The molecule has 0 aliphatic heterocycles. The molecule has 0 amide bonds. The van der Waals surface area contributed by atoms with Crippen LogP contribution >= 0.6 is 0 Å². The Labute approximate surface area is 83.3 Å². The lowest BCUT2D eigenvalue weighted by atomic mass is 10.0. The predicted octanol–water partition coefficient (Wildman–Crippen LogP) is 2.03. The largest absolute Gasteiger partial charge is 0.505 e. The van der Waals surface area contributed by atoms with Crippen molar-refractivity contribution in [1.29, 1.82) is 0 Å². The topological polar surface area (TPSA) is 63.3 Å². The van der Waals surface area contributed by atoms with Crippen molar-refractivity contribution in [2.45, 2.75) is 13.1 Å². The Morgan fingerprint density at radius 2 is 1.93 bits per heavy atom. The second kappa shape index (κ2) is 3.45. The Morgan fingerprint density at radius 3 is 2.40 bits per heavy atom. The summed E-state index contributed by atoms with van der Waals surface area (Å²) >= 11 is 0. The van der Waals surface area contributed by atoms with E-state index in [9.17, 15) is 23.1 Å². The van der Waals surface area contributed by atoms with Gasteiger partial charge in [0.15, 0.2) is 0 Å². The number of ketones is 1. The molecule has 0 aliphatic rings. The summed E-state index contributed by atoms with van der Waals surface area (Å²) in [5.41, 5.74) is 4.54. The summed E-state index contributed by atoms with van der Waals surface area (Å²) in [5.74, 6) is -2.93.